The van der Waals surface area contributed by atoms with Crippen molar-refractivity contribution in [3.8, 4) is 11.1 Å². The molecule has 1 atom stereocenters. The van der Waals surface area contributed by atoms with Crippen LogP contribution in [0.1, 0.15) is 26.9 Å². The van der Waals surface area contributed by atoms with Gasteiger partial charge in [-0.1, -0.05) is 60.2 Å². The summed E-state index contributed by atoms with van der Waals surface area (Å²) in [4.78, 5) is 27.4. The smallest absolute Gasteiger partial charge is 0.350 e. The van der Waals surface area contributed by atoms with Crippen LogP contribution in [0.15, 0.2) is 66.0 Å². The summed E-state index contributed by atoms with van der Waals surface area (Å²) in [6.45, 7) is 2.02. The second kappa shape index (κ2) is 8.18. The van der Waals surface area contributed by atoms with Gasteiger partial charge in [0.1, 0.15) is 4.88 Å². The van der Waals surface area contributed by atoms with E-state index in [2.05, 4.69) is 0 Å². The summed E-state index contributed by atoms with van der Waals surface area (Å²) in [5.41, 5.74) is 3.56. The van der Waals surface area contributed by atoms with Crippen LogP contribution in [0.2, 0.25) is 0 Å². The predicted molar refractivity (Wildman–Crippen MR) is 108 cm³/mol. The van der Waals surface area contributed by atoms with Gasteiger partial charge in [0.15, 0.2) is 0 Å². The van der Waals surface area contributed by atoms with Crippen LogP contribution in [-0.4, -0.2) is 30.9 Å². The Bertz CT molecular complexity index is 930. The highest BCUT2D eigenvalue weighted by Crippen LogP contribution is 2.31. The van der Waals surface area contributed by atoms with Crippen molar-refractivity contribution >= 4 is 23.2 Å². The summed E-state index contributed by atoms with van der Waals surface area (Å²) < 4.78 is 5.67. The highest BCUT2D eigenvalue weighted by Gasteiger charge is 2.28. The van der Waals surface area contributed by atoms with E-state index in [-0.39, 0.29) is 5.91 Å². The molecule has 27 heavy (non-hydrogen) atoms. The topological polar surface area (TPSA) is 46.6 Å². The first kappa shape index (κ1) is 18.9. The normalized spacial score (nSPS) is 11.7. The lowest BCUT2D eigenvalue weighted by atomic mass is 10.0. The standard InChI is InChI=1S/C22H21NO3S/c1-15-9-11-16(12-10-15)18-13-14-27-20(18)22(25)26-19(21(24)23(2)3)17-7-5-4-6-8-17/h4-14,19H,1-3H3/t19-/m0/s1. The molecule has 0 saturated carbocycles. The predicted octanol–water partition coefficient (Wildman–Crippen LogP) is 4.71. The fourth-order valence-electron chi connectivity index (χ4n) is 2.71. The molecule has 0 aliphatic heterocycles. The molecule has 0 fully saturated rings. The van der Waals surface area contributed by atoms with Crippen molar-refractivity contribution in [1.29, 1.82) is 0 Å². The Morgan fingerprint density at radius 3 is 2.26 bits per heavy atom. The molecule has 0 spiro atoms. The lowest BCUT2D eigenvalue weighted by molar-refractivity contribution is -0.138. The van der Waals surface area contributed by atoms with Crippen LogP contribution in [0.25, 0.3) is 11.1 Å². The molecule has 0 unspecified atom stereocenters. The third-order valence-electron chi connectivity index (χ3n) is 4.21. The minimum absolute atomic E-state index is 0.275. The van der Waals surface area contributed by atoms with Gasteiger partial charge in [-0.15, -0.1) is 11.3 Å². The van der Waals surface area contributed by atoms with E-state index in [0.717, 1.165) is 16.7 Å². The number of ether oxygens (including phenoxy) is 1. The molecule has 0 radical (unpaired) electrons. The zero-order valence-electron chi connectivity index (χ0n) is 15.5. The number of hydrogen-bond acceptors (Lipinski definition) is 4. The molecule has 138 valence electrons. The Labute approximate surface area is 163 Å². The van der Waals surface area contributed by atoms with Gasteiger partial charge in [0.2, 0.25) is 6.10 Å². The monoisotopic (exact) mass is 379 g/mol. The second-order valence-electron chi connectivity index (χ2n) is 6.46. The van der Waals surface area contributed by atoms with E-state index in [1.165, 1.54) is 16.2 Å². The molecule has 1 heterocycles. The Kier molecular flexibility index (Phi) is 5.72. The van der Waals surface area contributed by atoms with E-state index in [4.69, 9.17) is 4.74 Å². The van der Waals surface area contributed by atoms with E-state index in [9.17, 15) is 9.59 Å². The summed E-state index contributed by atoms with van der Waals surface area (Å²) in [6.07, 6.45) is -0.971. The highest BCUT2D eigenvalue weighted by atomic mass is 32.1. The van der Waals surface area contributed by atoms with Gasteiger partial charge in [0.05, 0.1) is 0 Å². The third-order valence-corrected chi connectivity index (χ3v) is 5.10. The molecule has 4 nitrogen and oxygen atoms in total. The van der Waals surface area contributed by atoms with E-state index < -0.39 is 12.1 Å². The molecule has 1 amide bonds. The van der Waals surface area contributed by atoms with E-state index in [0.29, 0.717) is 10.4 Å². The van der Waals surface area contributed by atoms with E-state index in [1.807, 2.05) is 60.8 Å². The summed E-state index contributed by atoms with van der Waals surface area (Å²) in [5.74, 6) is -0.771. The van der Waals surface area contributed by atoms with Gasteiger partial charge >= 0.3 is 5.97 Å². The molecule has 0 aliphatic carbocycles. The summed E-state index contributed by atoms with van der Waals surface area (Å²) in [7, 11) is 3.30. The number of amides is 1. The first-order chi connectivity index (χ1) is 13.0. The SMILES string of the molecule is Cc1ccc(-c2ccsc2C(=O)O[C@H](C(=O)N(C)C)c2ccccc2)cc1. The third kappa shape index (κ3) is 4.26. The van der Waals surface area contributed by atoms with Crippen LogP contribution < -0.4 is 0 Å². The Hall–Kier alpha value is -2.92. The number of esters is 1. The van der Waals surface area contributed by atoms with Crippen LogP contribution in [0.3, 0.4) is 0 Å². The molecule has 0 saturated heterocycles. The number of carbonyl (C=O) groups excluding carboxylic acids is 2. The summed E-state index contributed by atoms with van der Waals surface area (Å²) in [6, 6.07) is 18.9. The van der Waals surface area contributed by atoms with Crippen molar-refractivity contribution in [3.05, 3.63) is 82.0 Å². The van der Waals surface area contributed by atoms with Gasteiger partial charge < -0.3 is 9.64 Å². The minimum Gasteiger partial charge on any atom is -0.443 e. The maximum atomic E-state index is 12.9. The van der Waals surface area contributed by atoms with Crippen molar-refractivity contribution in [2.24, 2.45) is 0 Å². The zero-order chi connectivity index (χ0) is 19.4. The molecular formula is C22H21NO3S. The highest BCUT2D eigenvalue weighted by molar-refractivity contribution is 7.12. The van der Waals surface area contributed by atoms with Crippen LogP contribution in [0.5, 0.6) is 0 Å². The van der Waals surface area contributed by atoms with Gasteiger partial charge in [-0.25, -0.2) is 4.79 Å². The fraction of sp³-hybridized carbons (Fsp3) is 0.182. The molecule has 0 bridgehead atoms. The van der Waals surface area contributed by atoms with Gasteiger partial charge in [0, 0.05) is 25.2 Å². The average molecular weight is 379 g/mol. The number of rotatable bonds is 5. The largest absolute Gasteiger partial charge is 0.443 e. The first-order valence-electron chi connectivity index (χ1n) is 8.59. The van der Waals surface area contributed by atoms with E-state index in [1.54, 1.807) is 26.2 Å². The van der Waals surface area contributed by atoms with Crippen LogP contribution >= 0.6 is 11.3 Å². The van der Waals surface area contributed by atoms with Gasteiger partial charge in [-0.3, -0.25) is 4.79 Å². The zero-order valence-corrected chi connectivity index (χ0v) is 16.3. The molecule has 2 aromatic carbocycles. The molecule has 0 N–H and O–H groups in total. The van der Waals surface area contributed by atoms with E-state index >= 15 is 0 Å². The summed E-state index contributed by atoms with van der Waals surface area (Å²) >= 11 is 1.31. The molecular weight excluding hydrogens is 358 g/mol. The maximum absolute atomic E-state index is 12.9. The average Bonchev–Trinajstić information content (AvgIpc) is 3.16. The fourth-order valence-corrected chi connectivity index (χ4v) is 3.51. The quantitative estimate of drug-likeness (QED) is 0.603. The van der Waals surface area contributed by atoms with Crippen molar-refractivity contribution < 1.29 is 14.3 Å². The molecule has 0 aliphatic rings. The number of benzene rings is 2. The number of aryl methyl sites for hydroxylation is 1. The maximum Gasteiger partial charge on any atom is 0.350 e. The molecule has 1 aromatic heterocycles. The lowest BCUT2D eigenvalue weighted by Crippen LogP contribution is -2.31. The van der Waals surface area contributed by atoms with Crippen LogP contribution in [-0.2, 0) is 9.53 Å². The van der Waals surface area contributed by atoms with Crippen LogP contribution in [0.4, 0.5) is 0 Å². The Balaban J connectivity index is 1.90. The van der Waals surface area contributed by atoms with Crippen molar-refractivity contribution in [2.75, 3.05) is 14.1 Å². The van der Waals surface area contributed by atoms with Crippen LogP contribution in [0, 0.1) is 6.92 Å². The molecule has 3 aromatic rings. The summed E-state index contributed by atoms with van der Waals surface area (Å²) in [5, 5.41) is 1.86. The van der Waals surface area contributed by atoms with Crippen molar-refractivity contribution in [3.63, 3.8) is 0 Å². The van der Waals surface area contributed by atoms with Gasteiger partial charge in [-0.05, 0) is 23.9 Å². The first-order valence-corrected chi connectivity index (χ1v) is 9.47. The number of nitrogens with zero attached hydrogens (tertiary/aromatic N) is 1. The Morgan fingerprint density at radius 2 is 1.63 bits per heavy atom. The number of likely N-dealkylation sites (N-methyl/N-ethyl adjacent to an activating group) is 1. The van der Waals surface area contributed by atoms with Crippen molar-refractivity contribution in [1.82, 2.24) is 4.90 Å². The van der Waals surface area contributed by atoms with Gasteiger partial charge in [-0.2, -0.15) is 0 Å². The molecule has 3 rings (SSSR count). The minimum atomic E-state index is -0.971. The number of thiophene rings is 1. The molecule has 5 heteroatoms. The Morgan fingerprint density at radius 1 is 0.963 bits per heavy atom. The van der Waals surface area contributed by atoms with Gasteiger partial charge in [0.25, 0.3) is 5.91 Å². The lowest BCUT2D eigenvalue weighted by Gasteiger charge is -2.21. The van der Waals surface area contributed by atoms with Crippen molar-refractivity contribution in [2.45, 2.75) is 13.0 Å². The number of hydrogen-bond donors (Lipinski definition) is 0. The second-order valence-corrected chi connectivity index (χ2v) is 7.37. The number of carbonyl (C=O) groups is 2.